The molecule has 0 bridgehead atoms. The molecule has 2 aromatic rings. The van der Waals surface area contributed by atoms with Crippen LogP contribution in [0.4, 0.5) is 9.93 Å². The Labute approximate surface area is 122 Å². The Balaban J connectivity index is 2.35. The highest BCUT2D eigenvalue weighted by molar-refractivity contribution is 9.10. The van der Waals surface area contributed by atoms with Crippen molar-refractivity contribution in [2.45, 2.75) is 6.42 Å². The summed E-state index contributed by atoms with van der Waals surface area (Å²) < 4.78 is 1.99. The minimum Gasteiger partial charge on any atom is -0.351 e. The van der Waals surface area contributed by atoms with Gasteiger partial charge in [-0.15, -0.1) is 11.6 Å². The molecule has 18 heavy (non-hydrogen) atoms. The van der Waals surface area contributed by atoms with Gasteiger partial charge in [0.15, 0.2) is 5.13 Å². The topological polar surface area (TPSA) is 59.2 Å². The van der Waals surface area contributed by atoms with Crippen LogP contribution < -0.4 is 10.6 Å². The molecule has 0 saturated carbocycles. The summed E-state index contributed by atoms with van der Waals surface area (Å²) in [4.78, 5) is 17.3. The van der Waals surface area contributed by atoms with Crippen LogP contribution in [0.2, 0.25) is 0 Å². The van der Waals surface area contributed by atoms with Crippen molar-refractivity contribution in [1.82, 2.24) is 4.98 Å². The summed E-state index contributed by atoms with van der Waals surface area (Å²) in [6, 6.07) is 5.29. The Hall–Kier alpha value is -0.850. The molecule has 0 saturated heterocycles. The number of anilines is 1. The van der Waals surface area contributed by atoms with Gasteiger partial charge in [-0.1, -0.05) is 27.3 Å². The first-order valence-electron chi connectivity index (χ1n) is 5.31. The Kier molecular flexibility index (Phi) is 4.42. The number of halogens is 2. The molecule has 0 aliphatic heterocycles. The average Bonchev–Trinajstić information content (AvgIpc) is 2.71. The van der Waals surface area contributed by atoms with Crippen molar-refractivity contribution in [3.63, 3.8) is 0 Å². The smallest absolute Gasteiger partial charge is 0.321 e. The Morgan fingerprint density at radius 1 is 1.56 bits per heavy atom. The van der Waals surface area contributed by atoms with E-state index in [2.05, 4.69) is 20.9 Å². The van der Waals surface area contributed by atoms with Crippen molar-refractivity contribution < 1.29 is 4.79 Å². The molecule has 4 nitrogen and oxygen atoms in total. The molecule has 1 aromatic carbocycles. The Bertz CT molecular complexity index is 574. The lowest BCUT2D eigenvalue weighted by atomic mass is 10.3. The van der Waals surface area contributed by atoms with E-state index in [-0.39, 0.29) is 0 Å². The molecule has 0 unspecified atom stereocenters. The van der Waals surface area contributed by atoms with E-state index in [0.717, 1.165) is 14.7 Å². The van der Waals surface area contributed by atoms with Gasteiger partial charge in [-0.3, -0.25) is 4.90 Å². The normalized spacial score (nSPS) is 10.8. The highest BCUT2D eigenvalue weighted by Crippen LogP contribution is 2.30. The second-order valence-electron chi connectivity index (χ2n) is 3.64. The number of nitrogens with zero attached hydrogens (tertiary/aromatic N) is 2. The molecular weight excluding hydrogens is 338 g/mol. The number of thiazole rings is 1. The number of nitrogens with two attached hydrogens (primary N) is 1. The number of aromatic nitrogens is 1. The second kappa shape index (κ2) is 5.86. The molecule has 1 heterocycles. The number of rotatable bonds is 4. The number of primary amides is 1. The van der Waals surface area contributed by atoms with E-state index in [0.29, 0.717) is 24.0 Å². The van der Waals surface area contributed by atoms with Crippen LogP contribution >= 0.6 is 38.9 Å². The van der Waals surface area contributed by atoms with Crippen molar-refractivity contribution in [3.8, 4) is 0 Å². The fourth-order valence-electron chi connectivity index (χ4n) is 1.52. The first-order valence-corrected chi connectivity index (χ1v) is 7.45. The third kappa shape index (κ3) is 2.93. The van der Waals surface area contributed by atoms with Crippen LogP contribution in [0.15, 0.2) is 22.7 Å². The maximum absolute atomic E-state index is 11.4. The Morgan fingerprint density at radius 3 is 3.00 bits per heavy atom. The number of hydrogen-bond acceptors (Lipinski definition) is 3. The van der Waals surface area contributed by atoms with Crippen LogP contribution in [-0.4, -0.2) is 23.4 Å². The Morgan fingerprint density at radius 2 is 2.33 bits per heavy atom. The van der Waals surface area contributed by atoms with Gasteiger partial charge in [0.2, 0.25) is 0 Å². The zero-order valence-corrected chi connectivity index (χ0v) is 12.6. The van der Waals surface area contributed by atoms with Crippen LogP contribution in [0.25, 0.3) is 10.2 Å². The lowest BCUT2D eigenvalue weighted by Crippen LogP contribution is -2.36. The predicted octanol–water partition coefficient (Wildman–Crippen LogP) is 3.57. The summed E-state index contributed by atoms with van der Waals surface area (Å²) in [5, 5.41) is 0.612. The number of carbonyl (C=O) groups excluding carboxylic acids is 1. The fraction of sp³-hybridized carbons (Fsp3) is 0.273. The van der Waals surface area contributed by atoms with Crippen molar-refractivity contribution in [1.29, 1.82) is 0 Å². The minimum atomic E-state index is -0.502. The summed E-state index contributed by atoms with van der Waals surface area (Å²) in [5.41, 5.74) is 6.22. The zero-order chi connectivity index (χ0) is 13.1. The van der Waals surface area contributed by atoms with Gasteiger partial charge in [-0.25, -0.2) is 9.78 Å². The van der Waals surface area contributed by atoms with Gasteiger partial charge in [-0.05, 0) is 24.6 Å². The standard InChI is InChI=1S/C11H11BrClN3OS/c12-7-2-3-8-9(6-7)18-11(15-8)16(10(14)17)5-1-4-13/h2-3,6H,1,4-5H2,(H2,14,17). The number of hydrogen-bond donors (Lipinski definition) is 1. The second-order valence-corrected chi connectivity index (χ2v) is 5.94. The van der Waals surface area contributed by atoms with Crippen molar-refractivity contribution in [3.05, 3.63) is 22.7 Å². The summed E-state index contributed by atoms with van der Waals surface area (Å²) >= 11 is 10.5. The third-order valence-corrected chi connectivity index (χ3v) is 4.15. The van der Waals surface area contributed by atoms with E-state index in [1.807, 2.05) is 18.2 Å². The van der Waals surface area contributed by atoms with Gasteiger partial charge in [0, 0.05) is 16.9 Å². The molecule has 0 fully saturated rings. The number of fused-ring (bicyclic) bond motifs is 1. The fourth-order valence-corrected chi connectivity index (χ4v) is 3.19. The van der Waals surface area contributed by atoms with E-state index in [9.17, 15) is 4.79 Å². The first-order chi connectivity index (χ1) is 8.61. The summed E-state index contributed by atoms with van der Waals surface area (Å²) in [7, 11) is 0. The predicted molar refractivity (Wildman–Crippen MR) is 79.6 cm³/mol. The number of carbonyl (C=O) groups is 1. The molecule has 0 spiro atoms. The molecule has 0 aliphatic rings. The van der Waals surface area contributed by atoms with Crippen molar-refractivity contribution in [2.75, 3.05) is 17.3 Å². The average molecular weight is 349 g/mol. The molecule has 2 N–H and O–H groups in total. The maximum atomic E-state index is 11.4. The largest absolute Gasteiger partial charge is 0.351 e. The maximum Gasteiger partial charge on any atom is 0.321 e. The zero-order valence-electron chi connectivity index (χ0n) is 9.40. The lowest BCUT2D eigenvalue weighted by molar-refractivity contribution is 0.254. The number of alkyl halides is 1. The van der Waals surface area contributed by atoms with Crippen LogP contribution in [0.5, 0.6) is 0 Å². The molecule has 0 aliphatic carbocycles. The van der Waals surface area contributed by atoms with E-state index in [4.69, 9.17) is 17.3 Å². The van der Waals surface area contributed by atoms with Crippen molar-refractivity contribution >= 4 is 60.2 Å². The first kappa shape index (κ1) is 13.6. The third-order valence-electron chi connectivity index (χ3n) is 2.35. The van der Waals surface area contributed by atoms with Gasteiger partial charge in [0.05, 0.1) is 10.2 Å². The molecule has 2 rings (SSSR count). The van der Waals surface area contributed by atoms with Crippen LogP contribution in [0.1, 0.15) is 6.42 Å². The van der Waals surface area contributed by atoms with Crippen LogP contribution in [0.3, 0.4) is 0 Å². The number of benzene rings is 1. The molecule has 0 atom stereocenters. The quantitative estimate of drug-likeness (QED) is 0.859. The van der Waals surface area contributed by atoms with Crippen molar-refractivity contribution in [2.24, 2.45) is 5.73 Å². The number of amides is 2. The highest BCUT2D eigenvalue weighted by Gasteiger charge is 2.16. The van der Waals surface area contributed by atoms with Gasteiger partial charge in [0.25, 0.3) is 0 Å². The molecular formula is C11H11BrClN3OS. The SMILES string of the molecule is NC(=O)N(CCCCl)c1nc2ccc(Br)cc2s1. The summed E-state index contributed by atoms with van der Waals surface area (Å²) in [5.74, 6) is 0.486. The van der Waals surface area contributed by atoms with Gasteiger partial charge >= 0.3 is 6.03 Å². The van der Waals surface area contributed by atoms with E-state index < -0.39 is 6.03 Å². The molecule has 7 heteroatoms. The van der Waals surface area contributed by atoms with Gasteiger partial charge in [-0.2, -0.15) is 0 Å². The summed E-state index contributed by atoms with van der Waals surface area (Å²) in [6.45, 7) is 0.486. The molecule has 96 valence electrons. The van der Waals surface area contributed by atoms with E-state index >= 15 is 0 Å². The molecule has 1 aromatic heterocycles. The van der Waals surface area contributed by atoms with Crippen LogP contribution in [-0.2, 0) is 0 Å². The number of urea groups is 1. The van der Waals surface area contributed by atoms with E-state index in [1.165, 1.54) is 16.2 Å². The lowest BCUT2D eigenvalue weighted by Gasteiger charge is -2.15. The van der Waals surface area contributed by atoms with Gasteiger partial charge < -0.3 is 5.73 Å². The van der Waals surface area contributed by atoms with Gasteiger partial charge in [0.1, 0.15) is 0 Å². The minimum absolute atomic E-state index is 0.486. The van der Waals surface area contributed by atoms with Crippen LogP contribution in [0, 0.1) is 0 Å². The summed E-state index contributed by atoms with van der Waals surface area (Å²) in [6.07, 6.45) is 0.685. The molecule has 0 radical (unpaired) electrons. The molecule has 2 amide bonds. The monoisotopic (exact) mass is 347 g/mol. The van der Waals surface area contributed by atoms with E-state index in [1.54, 1.807) is 0 Å². The highest BCUT2D eigenvalue weighted by atomic mass is 79.9.